The minimum Gasteiger partial charge on any atom is -0.458 e. The molecule has 0 saturated carbocycles. The molecule has 224 valence electrons. The molecule has 0 bridgehead atoms. The first-order chi connectivity index (χ1) is 22.9. The van der Waals surface area contributed by atoms with Crippen LogP contribution in [0.1, 0.15) is 26.3 Å². The van der Waals surface area contributed by atoms with E-state index in [0.29, 0.717) is 5.89 Å². The smallest absolute Gasteiger partial charge is 0.260 e. The van der Waals surface area contributed by atoms with Gasteiger partial charge < -0.3 is 13.9 Å². The molecule has 6 nitrogen and oxygen atoms in total. The summed E-state index contributed by atoms with van der Waals surface area (Å²) in [6.07, 6.45) is 1.84. The molecule has 0 saturated heterocycles. The first kappa shape index (κ1) is 26.4. The number of aromatic nitrogens is 3. The Morgan fingerprint density at radius 1 is 0.660 bits per heavy atom. The van der Waals surface area contributed by atoms with Gasteiger partial charge in [0.15, 0.2) is 5.58 Å². The van der Waals surface area contributed by atoms with Gasteiger partial charge in [0.25, 0.3) is 6.71 Å². The van der Waals surface area contributed by atoms with Crippen molar-refractivity contribution in [2.75, 3.05) is 0 Å². The van der Waals surface area contributed by atoms with E-state index in [2.05, 4.69) is 86.0 Å². The van der Waals surface area contributed by atoms with Crippen LogP contribution in [-0.4, -0.2) is 21.2 Å². The van der Waals surface area contributed by atoms with Crippen molar-refractivity contribution in [3.8, 4) is 40.3 Å². The fourth-order valence-electron chi connectivity index (χ4n) is 7.26. The number of para-hydroxylation sites is 3. The molecule has 5 aromatic carbocycles. The van der Waals surface area contributed by atoms with Gasteiger partial charge in [-0.15, -0.1) is 0 Å². The Morgan fingerprint density at radius 2 is 1.43 bits per heavy atom. The molecule has 5 heterocycles. The van der Waals surface area contributed by atoms with Crippen molar-refractivity contribution in [2.24, 2.45) is 0 Å². The summed E-state index contributed by atoms with van der Waals surface area (Å²) in [5, 5.41) is 2.27. The fourth-order valence-corrected chi connectivity index (χ4v) is 7.26. The van der Waals surface area contributed by atoms with Crippen LogP contribution in [0, 0.1) is 0 Å². The fraction of sp³-hybridized carbons (Fsp3) is 0.100. The molecule has 0 spiro atoms. The monoisotopic (exact) mass is 609 g/mol. The Bertz CT molecular complexity index is 2550. The predicted octanol–water partition coefficient (Wildman–Crippen LogP) is 8.01. The molecule has 8 aromatic rings. The number of nitrogens with zero attached hydrogens (tertiary/aromatic N) is 3. The second kappa shape index (κ2) is 9.36. The zero-order chi connectivity index (χ0) is 31.4. The molecule has 0 radical (unpaired) electrons. The summed E-state index contributed by atoms with van der Waals surface area (Å²) in [6.45, 7) is 6.52. The molecule has 0 amide bonds. The highest BCUT2D eigenvalue weighted by atomic mass is 16.5. The lowest BCUT2D eigenvalue weighted by Crippen LogP contribution is -2.57. The van der Waals surface area contributed by atoms with Crippen molar-refractivity contribution in [1.82, 2.24) is 14.5 Å². The van der Waals surface area contributed by atoms with E-state index < -0.39 is 0 Å². The number of hydrogen-bond donors (Lipinski definition) is 0. The summed E-state index contributed by atoms with van der Waals surface area (Å²) in [4.78, 5) is 9.57. The van der Waals surface area contributed by atoms with Gasteiger partial charge in [0, 0.05) is 28.0 Å². The van der Waals surface area contributed by atoms with Gasteiger partial charge in [-0.2, -0.15) is 0 Å². The molecule has 47 heavy (non-hydrogen) atoms. The molecule has 0 unspecified atom stereocenters. The van der Waals surface area contributed by atoms with E-state index in [4.69, 9.17) is 23.9 Å². The van der Waals surface area contributed by atoms with E-state index in [1.807, 2.05) is 54.7 Å². The molecule has 0 fully saturated rings. The van der Waals surface area contributed by atoms with Crippen molar-refractivity contribution >= 4 is 56.0 Å². The molecule has 2 aliphatic heterocycles. The second-order valence-electron chi connectivity index (χ2n) is 13.5. The lowest BCUT2D eigenvalue weighted by molar-refractivity contribution is 0.459. The van der Waals surface area contributed by atoms with Crippen LogP contribution in [0.2, 0.25) is 0 Å². The number of rotatable bonds is 2. The van der Waals surface area contributed by atoms with E-state index in [-0.39, 0.29) is 12.1 Å². The maximum Gasteiger partial charge on any atom is 0.260 e. The van der Waals surface area contributed by atoms with Crippen LogP contribution in [0.4, 0.5) is 0 Å². The number of hydrogen-bond acceptors (Lipinski definition) is 5. The molecule has 3 aromatic heterocycles. The third-order valence-electron chi connectivity index (χ3n) is 9.55. The Labute approximate surface area is 271 Å². The highest BCUT2D eigenvalue weighted by Crippen LogP contribution is 2.41. The van der Waals surface area contributed by atoms with Gasteiger partial charge in [-0.05, 0) is 88.6 Å². The van der Waals surface area contributed by atoms with E-state index in [0.717, 1.165) is 89.2 Å². The summed E-state index contributed by atoms with van der Waals surface area (Å²) < 4.78 is 22.0. The third kappa shape index (κ3) is 3.86. The summed E-state index contributed by atoms with van der Waals surface area (Å²) in [6, 6.07) is 37.5. The normalized spacial score (nSPS) is 13.3. The summed E-state index contributed by atoms with van der Waals surface area (Å²) in [7, 11) is 0. The van der Waals surface area contributed by atoms with Crippen LogP contribution in [-0.2, 0) is 5.41 Å². The Hall–Kier alpha value is -5.82. The van der Waals surface area contributed by atoms with E-state index in [9.17, 15) is 0 Å². The average molecular weight is 609 g/mol. The van der Waals surface area contributed by atoms with Gasteiger partial charge in [0.1, 0.15) is 34.3 Å². The Morgan fingerprint density at radius 3 is 2.23 bits per heavy atom. The maximum absolute atomic E-state index is 6.87. The van der Waals surface area contributed by atoms with E-state index in [1.54, 1.807) is 0 Å². The van der Waals surface area contributed by atoms with Crippen molar-refractivity contribution in [2.45, 2.75) is 26.2 Å². The second-order valence-corrected chi connectivity index (χ2v) is 13.5. The summed E-state index contributed by atoms with van der Waals surface area (Å²) >= 11 is 0. The van der Waals surface area contributed by atoms with E-state index in [1.165, 1.54) is 0 Å². The van der Waals surface area contributed by atoms with Crippen molar-refractivity contribution in [3.05, 3.63) is 121 Å². The average Bonchev–Trinajstić information content (AvgIpc) is 3.66. The standard InChI is InChI=1S/C40H28BN3O3/c1-40(2,3)24-19-35-38-36(20-24)46-34-21-26-25-10-4-6-12-30(25)44(37-14-8-9-17-42-37)31(26)22-28(34)41(38)27-18-23(15-16-32(27)45-35)39-43-29-11-5-7-13-33(29)47-39/h4-22H,1-3H3. The number of fused-ring (bicyclic) bond motifs is 8. The van der Waals surface area contributed by atoms with Gasteiger partial charge in [0.05, 0.1) is 11.0 Å². The predicted molar refractivity (Wildman–Crippen MR) is 188 cm³/mol. The maximum atomic E-state index is 6.87. The van der Waals surface area contributed by atoms with E-state index >= 15 is 0 Å². The lowest BCUT2D eigenvalue weighted by Gasteiger charge is -2.35. The number of pyridine rings is 1. The Kier molecular flexibility index (Phi) is 5.26. The SMILES string of the molecule is CC(C)(C)c1cc2c3c(c1)Oc1cc4c5ccccc5n(-c5ccccn5)c4cc1B3c1cc(-c3nc4ccccc4o3)ccc1O2. The van der Waals surface area contributed by atoms with Crippen LogP contribution in [0.3, 0.4) is 0 Å². The summed E-state index contributed by atoms with van der Waals surface area (Å²) in [5.74, 6) is 4.78. The molecule has 7 heteroatoms. The number of benzene rings is 5. The quantitative estimate of drug-likeness (QED) is 0.186. The molecule has 0 N–H and O–H groups in total. The highest BCUT2D eigenvalue weighted by Gasteiger charge is 2.42. The van der Waals surface area contributed by atoms with Crippen LogP contribution < -0.4 is 25.9 Å². The molecular formula is C40H28BN3O3. The number of oxazole rings is 1. The van der Waals surface area contributed by atoms with Gasteiger partial charge in [-0.1, -0.05) is 63.2 Å². The van der Waals surface area contributed by atoms with Crippen LogP contribution in [0.25, 0.3) is 50.2 Å². The van der Waals surface area contributed by atoms with Crippen LogP contribution >= 0.6 is 0 Å². The molecular weight excluding hydrogens is 581 g/mol. The topological polar surface area (TPSA) is 62.3 Å². The third-order valence-corrected chi connectivity index (χ3v) is 9.55. The Balaban J connectivity index is 1.26. The van der Waals surface area contributed by atoms with Crippen LogP contribution in [0.15, 0.2) is 120 Å². The van der Waals surface area contributed by atoms with Crippen LogP contribution in [0.5, 0.6) is 23.0 Å². The minimum atomic E-state index is -0.134. The molecule has 0 atom stereocenters. The van der Waals surface area contributed by atoms with Crippen molar-refractivity contribution in [3.63, 3.8) is 0 Å². The summed E-state index contributed by atoms with van der Waals surface area (Å²) in [5.41, 5.74) is 8.90. The highest BCUT2D eigenvalue weighted by molar-refractivity contribution is 6.98. The zero-order valence-electron chi connectivity index (χ0n) is 26.1. The molecule has 2 aliphatic rings. The van der Waals surface area contributed by atoms with Gasteiger partial charge in [-0.25, -0.2) is 9.97 Å². The first-order valence-corrected chi connectivity index (χ1v) is 15.9. The zero-order valence-corrected chi connectivity index (χ0v) is 26.1. The molecule has 0 aliphatic carbocycles. The van der Waals surface area contributed by atoms with Crippen molar-refractivity contribution in [1.29, 1.82) is 0 Å². The largest absolute Gasteiger partial charge is 0.458 e. The first-order valence-electron chi connectivity index (χ1n) is 15.9. The van der Waals surface area contributed by atoms with Gasteiger partial charge >= 0.3 is 0 Å². The lowest BCUT2D eigenvalue weighted by atomic mass is 9.34. The van der Waals surface area contributed by atoms with Gasteiger partial charge in [-0.3, -0.25) is 4.57 Å². The van der Waals surface area contributed by atoms with Crippen molar-refractivity contribution < 1.29 is 13.9 Å². The minimum absolute atomic E-state index is 0.0921. The van der Waals surface area contributed by atoms with Gasteiger partial charge in [0.2, 0.25) is 5.89 Å². The molecule has 10 rings (SSSR count). The number of ether oxygens (including phenoxy) is 2.